The number of halogens is 1. The molecule has 0 amide bonds. The summed E-state index contributed by atoms with van der Waals surface area (Å²) in [6.45, 7) is 12.3. The van der Waals surface area contributed by atoms with Gasteiger partial charge in [-0.2, -0.15) is 0 Å². The Morgan fingerprint density at radius 1 is 1.35 bits per heavy atom. The summed E-state index contributed by atoms with van der Waals surface area (Å²) in [6.07, 6.45) is 2.18. The van der Waals surface area contributed by atoms with E-state index >= 15 is 0 Å². The van der Waals surface area contributed by atoms with E-state index in [0.29, 0.717) is 12.0 Å². The number of hydrogen-bond acceptors (Lipinski definition) is 4. The molecule has 0 bridgehead atoms. The van der Waals surface area contributed by atoms with Crippen LogP contribution in [0, 0.1) is 5.92 Å². The summed E-state index contributed by atoms with van der Waals surface area (Å²) in [5.41, 5.74) is 1.51. The van der Waals surface area contributed by atoms with E-state index in [0.717, 1.165) is 51.8 Å². The smallest absolute Gasteiger partial charge is 0.191 e. The van der Waals surface area contributed by atoms with Crippen molar-refractivity contribution >= 4 is 41.3 Å². The normalized spacial score (nSPS) is 16.1. The van der Waals surface area contributed by atoms with Crippen LogP contribution in [0.5, 0.6) is 0 Å². The van der Waals surface area contributed by atoms with E-state index in [-0.39, 0.29) is 24.0 Å². The highest BCUT2D eigenvalue weighted by atomic mass is 127. The molecule has 1 unspecified atom stereocenters. The van der Waals surface area contributed by atoms with Crippen LogP contribution in [0.3, 0.4) is 0 Å². The molecule has 0 spiro atoms. The molecule has 26 heavy (non-hydrogen) atoms. The first-order valence-electron chi connectivity index (χ1n) is 9.41. The fourth-order valence-corrected chi connectivity index (χ4v) is 3.83. The van der Waals surface area contributed by atoms with E-state index in [1.807, 2.05) is 18.4 Å². The van der Waals surface area contributed by atoms with Crippen LogP contribution in [-0.4, -0.2) is 56.8 Å². The third-order valence-corrected chi connectivity index (χ3v) is 5.48. The summed E-state index contributed by atoms with van der Waals surface area (Å²) in [5.74, 6) is 1.48. The average Bonchev–Trinajstić information content (AvgIpc) is 3.07. The third kappa shape index (κ3) is 8.10. The van der Waals surface area contributed by atoms with Crippen molar-refractivity contribution in [3.63, 3.8) is 0 Å². The van der Waals surface area contributed by atoms with Crippen molar-refractivity contribution in [3.05, 3.63) is 21.9 Å². The molecule has 0 saturated carbocycles. The quantitative estimate of drug-likeness (QED) is 0.239. The van der Waals surface area contributed by atoms with Crippen LogP contribution in [0.2, 0.25) is 0 Å². The maximum absolute atomic E-state index is 5.60. The minimum absolute atomic E-state index is 0. The first-order chi connectivity index (χ1) is 12.1. The average molecular weight is 494 g/mol. The summed E-state index contributed by atoms with van der Waals surface area (Å²) in [5, 5.41) is 9.04. The fourth-order valence-electron chi connectivity index (χ4n) is 2.94. The first kappa shape index (κ1) is 23.7. The molecule has 1 aliphatic rings. The predicted molar refractivity (Wildman–Crippen MR) is 123 cm³/mol. The number of aliphatic imine (C=N–C) groups is 1. The standard InChI is InChI=1S/C19H34N4OS.HI/c1-15(2)14-24-10-5-8-21-19(20-4)22-12-16(3)23-9-6-18-17(13-23)7-11-25-18;/h7,11,15-16H,5-6,8-10,12-14H2,1-4H3,(H2,20,21,22);1H. The summed E-state index contributed by atoms with van der Waals surface area (Å²) >= 11 is 1.90. The molecular formula is C19H35IN4OS. The Hall–Kier alpha value is -0.380. The van der Waals surface area contributed by atoms with Gasteiger partial charge in [0.1, 0.15) is 0 Å². The molecule has 0 aliphatic carbocycles. The van der Waals surface area contributed by atoms with Gasteiger partial charge in [0, 0.05) is 57.4 Å². The van der Waals surface area contributed by atoms with Crippen molar-refractivity contribution in [1.29, 1.82) is 0 Å². The van der Waals surface area contributed by atoms with Crippen molar-refractivity contribution < 1.29 is 4.74 Å². The topological polar surface area (TPSA) is 48.9 Å². The van der Waals surface area contributed by atoms with Crippen LogP contribution in [0.1, 0.15) is 37.6 Å². The van der Waals surface area contributed by atoms with Gasteiger partial charge in [-0.3, -0.25) is 9.89 Å². The van der Waals surface area contributed by atoms with Crippen LogP contribution in [0.4, 0.5) is 0 Å². The molecule has 2 rings (SSSR count). The SMILES string of the molecule is CN=C(NCCCOCC(C)C)NCC(C)N1CCc2sccc2C1.I. The molecule has 0 fully saturated rings. The van der Waals surface area contributed by atoms with Crippen LogP contribution in [-0.2, 0) is 17.7 Å². The number of rotatable bonds is 9. The molecule has 2 heterocycles. The number of thiophene rings is 1. The van der Waals surface area contributed by atoms with Gasteiger partial charge in [-0.05, 0) is 42.7 Å². The maximum Gasteiger partial charge on any atom is 0.191 e. The Morgan fingerprint density at radius 3 is 2.88 bits per heavy atom. The predicted octanol–water partition coefficient (Wildman–Crippen LogP) is 3.34. The zero-order valence-corrected chi connectivity index (χ0v) is 19.7. The lowest BCUT2D eigenvalue weighted by Crippen LogP contribution is -2.47. The van der Waals surface area contributed by atoms with Gasteiger partial charge in [0.25, 0.3) is 0 Å². The lowest BCUT2D eigenvalue weighted by Gasteiger charge is -2.32. The summed E-state index contributed by atoms with van der Waals surface area (Å²) in [6, 6.07) is 2.76. The summed E-state index contributed by atoms with van der Waals surface area (Å²) in [4.78, 5) is 8.43. The number of fused-ring (bicyclic) bond motifs is 1. The van der Waals surface area contributed by atoms with Crippen molar-refractivity contribution in [2.45, 2.75) is 46.2 Å². The van der Waals surface area contributed by atoms with Crippen molar-refractivity contribution in [1.82, 2.24) is 15.5 Å². The molecule has 1 aromatic rings. The van der Waals surface area contributed by atoms with Crippen LogP contribution < -0.4 is 10.6 Å². The molecule has 1 aliphatic heterocycles. The fraction of sp³-hybridized carbons (Fsp3) is 0.737. The van der Waals surface area contributed by atoms with E-state index in [2.05, 4.69) is 52.7 Å². The Balaban J connectivity index is 0.00000338. The minimum atomic E-state index is 0. The van der Waals surface area contributed by atoms with E-state index in [1.54, 1.807) is 4.88 Å². The molecule has 5 nitrogen and oxygen atoms in total. The molecule has 0 saturated heterocycles. The summed E-state index contributed by atoms with van der Waals surface area (Å²) < 4.78 is 5.60. The van der Waals surface area contributed by atoms with Crippen LogP contribution in [0.25, 0.3) is 0 Å². The summed E-state index contributed by atoms with van der Waals surface area (Å²) in [7, 11) is 1.83. The minimum Gasteiger partial charge on any atom is -0.381 e. The lowest BCUT2D eigenvalue weighted by atomic mass is 10.1. The second kappa shape index (κ2) is 12.9. The first-order valence-corrected chi connectivity index (χ1v) is 10.3. The van der Waals surface area contributed by atoms with Crippen molar-refractivity contribution in [2.24, 2.45) is 10.9 Å². The van der Waals surface area contributed by atoms with Gasteiger partial charge in [-0.25, -0.2) is 0 Å². The molecule has 0 radical (unpaired) electrons. The number of ether oxygens (including phenoxy) is 1. The van der Waals surface area contributed by atoms with E-state index in [9.17, 15) is 0 Å². The molecule has 2 N–H and O–H groups in total. The highest BCUT2D eigenvalue weighted by Crippen LogP contribution is 2.24. The number of hydrogen-bond donors (Lipinski definition) is 2. The van der Waals surface area contributed by atoms with Crippen molar-refractivity contribution in [3.8, 4) is 0 Å². The highest BCUT2D eigenvalue weighted by Gasteiger charge is 2.21. The van der Waals surface area contributed by atoms with Gasteiger partial charge in [0.15, 0.2) is 5.96 Å². The second-order valence-electron chi connectivity index (χ2n) is 7.14. The monoisotopic (exact) mass is 494 g/mol. The number of guanidine groups is 1. The van der Waals surface area contributed by atoms with Crippen LogP contribution in [0.15, 0.2) is 16.4 Å². The van der Waals surface area contributed by atoms with E-state index < -0.39 is 0 Å². The van der Waals surface area contributed by atoms with Gasteiger partial charge >= 0.3 is 0 Å². The largest absolute Gasteiger partial charge is 0.381 e. The number of nitrogens with one attached hydrogen (secondary N) is 2. The lowest BCUT2D eigenvalue weighted by molar-refractivity contribution is 0.108. The molecule has 1 aromatic heterocycles. The molecule has 7 heteroatoms. The molecule has 150 valence electrons. The third-order valence-electron chi connectivity index (χ3n) is 4.46. The zero-order valence-electron chi connectivity index (χ0n) is 16.6. The Morgan fingerprint density at radius 2 is 2.15 bits per heavy atom. The van der Waals surface area contributed by atoms with Crippen LogP contribution >= 0.6 is 35.3 Å². The molecular weight excluding hydrogens is 459 g/mol. The van der Waals surface area contributed by atoms with Gasteiger partial charge in [-0.1, -0.05) is 13.8 Å². The Labute approximate surface area is 180 Å². The maximum atomic E-state index is 5.60. The Bertz CT molecular complexity index is 535. The van der Waals surface area contributed by atoms with Crippen molar-refractivity contribution in [2.75, 3.05) is 39.9 Å². The van der Waals surface area contributed by atoms with Gasteiger partial charge in [0.2, 0.25) is 0 Å². The van der Waals surface area contributed by atoms with Gasteiger partial charge < -0.3 is 15.4 Å². The van der Waals surface area contributed by atoms with E-state index in [4.69, 9.17) is 4.74 Å². The highest BCUT2D eigenvalue weighted by molar-refractivity contribution is 14.0. The van der Waals surface area contributed by atoms with Gasteiger partial charge in [-0.15, -0.1) is 35.3 Å². The number of nitrogens with zero attached hydrogens (tertiary/aromatic N) is 2. The van der Waals surface area contributed by atoms with Gasteiger partial charge in [0.05, 0.1) is 0 Å². The zero-order chi connectivity index (χ0) is 18.1. The second-order valence-corrected chi connectivity index (χ2v) is 8.14. The molecule has 1 atom stereocenters. The molecule has 0 aromatic carbocycles. The van der Waals surface area contributed by atoms with E-state index in [1.165, 1.54) is 12.0 Å². The Kier molecular flexibility index (Phi) is 11.7.